The minimum Gasteiger partial charge on any atom is -0.459 e. The highest BCUT2D eigenvalue weighted by atomic mass is 16.3. The molecule has 2 nitrogen and oxygen atoms in total. The minimum absolute atomic E-state index is 0.284. The second-order valence-electron chi connectivity index (χ2n) is 5.84. The van der Waals surface area contributed by atoms with Crippen LogP contribution >= 0.6 is 0 Å². The van der Waals surface area contributed by atoms with Crippen molar-refractivity contribution in [2.24, 2.45) is 0 Å². The van der Waals surface area contributed by atoms with Crippen molar-refractivity contribution in [1.82, 2.24) is 5.32 Å². The Morgan fingerprint density at radius 3 is 2.90 bits per heavy atom. The fourth-order valence-corrected chi connectivity index (χ4v) is 3.05. The van der Waals surface area contributed by atoms with Crippen LogP contribution in [0.1, 0.15) is 49.5 Å². The van der Waals surface area contributed by atoms with E-state index in [1.165, 1.54) is 36.6 Å². The van der Waals surface area contributed by atoms with Gasteiger partial charge in [-0.2, -0.15) is 0 Å². The summed E-state index contributed by atoms with van der Waals surface area (Å²) >= 11 is 0. The second-order valence-corrected chi connectivity index (χ2v) is 5.84. The van der Waals surface area contributed by atoms with Gasteiger partial charge in [-0.1, -0.05) is 23.3 Å². The van der Waals surface area contributed by atoms with Crippen LogP contribution in [0.15, 0.2) is 40.3 Å². The molecule has 1 unspecified atom stereocenters. The molecule has 0 saturated carbocycles. The molecule has 1 aliphatic carbocycles. The average molecular weight is 269 g/mol. The highest BCUT2D eigenvalue weighted by Crippen LogP contribution is 2.31. The van der Waals surface area contributed by atoms with Crippen LogP contribution in [0, 0.1) is 6.92 Å². The molecule has 1 aromatic carbocycles. The number of hydrogen-bond acceptors (Lipinski definition) is 2. The van der Waals surface area contributed by atoms with E-state index in [2.05, 4.69) is 42.6 Å². The fourth-order valence-electron chi connectivity index (χ4n) is 3.05. The quantitative estimate of drug-likeness (QED) is 0.799. The van der Waals surface area contributed by atoms with Crippen molar-refractivity contribution >= 4 is 11.0 Å². The molecule has 0 amide bonds. The summed E-state index contributed by atoms with van der Waals surface area (Å²) in [6.45, 7) is 2.12. The van der Waals surface area contributed by atoms with Gasteiger partial charge in [-0.3, -0.25) is 0 Å². The first-order chi connectivity index (χ1) is 9.76. The van der Waals surface area contributed by atoms with E-state index in [4.69, 9.17) is 4.42 Å². The molecule has 2 heteroatoms. The van der Waals surface area contributed by atoms with Gasteiger partial charge in [-0.25, -0.2) is 0 Å². The summed E-state index contributed by atoms with van der Waals surface area (Å²) < 4.78 is 6.03. The Balaban J connectivity index is 1.84. The van der Waals surface area contributed by atoms with E-state index in [-0.39, 0.29) is 6.04 Å². The molecule has 0 aliphatic heterocycles. The number of aryl methyl sites for hydroxylation is 1. The van der Waals surface area contributed by atoms with Crippen LogP contribution in [0.5, 0.6) is 0 Å². The lowest BCUT2D eigenvalue weighted by atomic mass is 9.93. The largest absolute Gasteiger partial charge is 0.459 e. The predicted molar refractivity (Wildman–Crippen MR) is 83.9 cm³/mol. The third-order valence-electron chi connectivity index (χ3n) is 4.23. The molecule has 0 bridgehead atoms. The Morgan fingerprint density at radius 2 is 2.15 bits per heavy atom. The zero-order chi connectivity index (χ0) is 13.9. The maximum absolute atomic E-state index is 6.03. The smallest absolute Gasteiger partial charge is 0.134 e. The number of rotatable bonds is 4. The Labute approximate surface area is 120 Å². The Kier molecular flexibility index (Phi) is 3.93. The molecule has 0 fully saturated rings. The van der Waals surface area contributed by atoms with E-state index in [0.717, 1.165) is 17.8 Å². The van der Waals surface area contributed by atoms with Gasteiger partial charge in [-0.15, -0.1) is 0 Å². The van der Waals surface area contributed by atoms with E-state index in [9.17, 15) is 0 Å². The van der Waals surface area contributed by atoms with Gasteiger partial charge in [0.25, 0.3) is 0 Å². The first-order valence-corrected chi connectivity index (χ1v) is 7.61. The highest BCUT2D eigenvalue weighted by molar-refractivity contribution is 5.78. The molecule has 0 spiro atoms. The number of hydrogen-bond donors (Lipinski definition) is 1. The third-order valence-corrected chi connectivity index (χ3v) is 4.23. The normalized spacial score (nSPS) is 17.2. The lowest BCUT2D eigenvalue weighted by molar-refractivity contribution is 0.443. The maximum atomic E-state index is 6.03. The second kappa shape index (κ2) is 5.84. The lowest BCUT2D eigenvalue weighted by Crippen LogP contribution is -2.16. The summed E-state index contributed by atoms with van der Waals surface area (Å²) in [6.07, 6.45) is 8.65. The SMILES string of the molecule is CNC(CC1=CCCCC1)c1cc2cc(C)ccc2o1. The molecular weight excluding hydrogens is 246 g/mol. The van der Waals surface area contributed by atoms with Crippen LogP contribution in [0.4, 0.5) is 0 Å². The van der Waals surface area contributed by atoms with Gasteiger partial charge in [0.1, 0.15) is 11.3 Å². The minimum atomic E-state index is 0.284. The van der Waals surface area contributed by atoms with E-state index < -0.39 is 0 Å². The van der Waals surface area contributed by atoms with Gasteiger partial charge in [0.2, 0.25) is 0 Å². The lowest BCUT2D eigenvalue weighted by Gasteiger charge is -2.18. The molecule has 1 heterocycles. The Morgan fingerprint density at radius 1 is 1.25 bits per heavy atom. The van der Waals surface area contributed by atoms with Crippen molar-refractivity contribution < 1.29 is 4.42 Å². The molecule has 1 aliphatic rings. The van der Waals surface area contributed by atoms with E-state index in [0.29, 0.717) is 0 Å². The summed E-state index contributed by atoms with van der Waals surface area (Å²) in [6, 6.07) is 8.84. The van der Waals surface area contributed by atoms with Crippen molar-refractivity contribution in [3.63, 3.8) is 0 Å². The zero-order valence-electron chi connectivity index (χ0n) is 12.4. The number of nitrogens with one attached hydrogen (secondary N) is 1. The Bertz CT molecular complexity index is 623. The molecule has 106 valence electrons. The zero-order valence-corrected chi connectivity index (χ0v) is 12.4. The van der Waals surface area contributed by atoms with Crippen molar-refractivity contribution in [2.75, 3.05) is 7.05 Å². The predicted octanol–water partition coefficient (Wildman–Crippen LogP) is 4.89. The molecule has 20 heavy (non-hydrogen) atoms. The van der Waals surface area contributed by atoms with Gasteiger partial charge in [-0.05, 0) is 64.3 Å². The van der Waals surface area contributed by atoms with Gasteiger partial charge >= 0.3 is 0 Å². The first-order valence-electron chi connectivity index (χ1n) is 7.61. The monoisotopic (exact) mass is 269 g/mol. The van der Waals surface area contributed by atoms with Gasteiger partial charge in [0.15, 0.2) is 0 Å². The average Bonchev–Trinajstić information content (AvgIpc) is 2.88. The van der Waals surface area contributed by atoms with E-state index >= 15 is 0 Å². The van der Waals surface area contributed by atoms with Gasteiger partial charge in [0.05, 0.1) is 6.04 Å². The number of furan rings is 1. The number of benzene rings is 1. The van der Waals surface area contributed by atoms with E-state index in [1.54, 1.807) is 5.57 Å². The fraction of sp³-hybridized carbons (Fsp3) is 0.444. The highest BCUT2D eigenvalue weighted by Gasteiger charge is 2.17. The van der Waals surface area contributed by atoms with Crippen LogP contribution in [-0.2, 0) is 0 Å². The molecule has 2 aromatic rings. The topological polar surface area (TPSA) is 25.2 Å². The van der Waals surface area contributed by atoms with Crippen molar-refractivity contribution in [3.8, 4) is 0 Å². The molecule has 0 saturated heterocycles. The first kappa shape index (κ1) is 13.4. The third kappa shape index (κ3) is 2.80. The molecule has 1 atom stereocenters. The van der Waals surface area contributed by atoms with Crippen LogP contribution < -0.4 is 5.32 Å². The number of fused-ring (bicyclic) bond motifs is 1. The van der Waals surface area contributed by atoms with Crippen LogP contribution in [-0.4, -0.2) is 7.05 Å². The summed E-state index contributed by atoms with van der Waals surface area (Å²) in [5.41, 5.74) is 3.84. The summed E-state index contributed by atoms with van der Waals surface area (Å²) in [4.78, 5) is 0. The van der Waals surface area contributed by atoms with Crippen LogP contribution in [0.2, 0.25) is 0 Å². The van der Waals surface area contributed by atoms with Crippen molar-refractivity contribution in [2.45, 2.75) is 45.1 Å². The Hall–Kier alpha value is -1.54. The molecule has 1 N–H and O–H groups in total. The summed E-state index contributed by atoms with van der Waals surface area (Å²) in [5, 5.41) is 4.61. The summed E-state index contributed by atoms with van der Waals surface area (Å²) in [5.74, 6) is 1.06. The van der Waals surface area contributed by atoms with Crippen molar-refractivity contribution in [1.29, 1.82) is 0 Å². The summed E-state index contributed by atoms with van der Waals surface area (Å²) in [7, 11) is 2.02. The molecule has 0 radical (unpaired) electrons. The van der Waals surface area contributed by atoms with Gasteiger partial charge < -0.3 is 9.73 Å². The van der Waals surface area contributed by atoms with Crippen LogP contribution in [0.25, 0.3) is 11.0 Å². The van der Waals surface area contributed by atoms with Gasteiger partial charge in [0, 0.05) is 5.39 Å². The van der Waals surface area contributed by atoms with Crippen molar-refractivity contribution in [3.05, 3.63) is 47.2 Å². The molecular formula is C18H23NO. The molecule has 3 rings (SSSR count). The van der Waals surface area contributed by atoms with E-state index in [1.807, 2.05) is 7.05 Å². The maximum Gasteiger partial charge on any atom is 0.134 e. The molecule has 1 aromatic heterocycles. The van der Waals surface area contributed by atoms with Crippen LogP contribution in [0.3, 0.4) is 0 Å². The number of allylic oxidation sites excluding steroid dienone is 1. The standard InChI is InChI=1S/C18H23NO/c1-13-8-9-17-15(10-13)12-18(20-17)16(19-2)11-14-6-4-3-5-7-14/h6,8-10,12,16,19H,3-5,7,11H2,1-2H3.